The van der Waals surface area contributed by atoms with Crippen LogP contribution in [-0.4, -0.2) is 28.4 Å². The third-order valence-corrected chi connectivity index (χ3v) is 3.32. The first-order valence-corrected chi connectivity index (χ1v) is 7.37. The second kappa shape index (κ2) is 7.81. The van der Waals surface area contributed by atoms with Crippen molar-refractivity contribution in [3.63, 3.8) is 0 Å². The molecule has 1 N–H and O–H groups in total. The zero-order chi connectivity index (χ0) is 15.9. The Balaban J connectivity index is 2.71. The Morgan fingerprint density at radius 3 is 2.29 bits per heavy atom. The van der Waals surface area contributed by atoms with Gasteiger partial charge in [0.15, 0.2) is 0 Å². The quantitative estimate of drug-likeness (QED) is 0.799. The summed E-state index contributed by atoms with van der Waals surface area (Å²) < 4.78 is 0. The van der Waals surface area contributed by atoms with E-state index in [4.69, 9.17) is 5.11 Å². The first-order chi connectivity index (χ1) is 9.84. The third-order valence-electron chi connectivity index (χ3n) is 3.32. The number of carbonyl (C=O) groups is 2. The summed E-state index contributed by atoms with van der Waals surface area (Å²) >= 11 is 0. The van der Waals surface area contributed by atoms with Crippen LogP contribution in [0.25, 0.3) is 0 Å². The molecule has 0 saturated carbocycles. The molecule has 0 spiro atoms. The average molecular weight is 291 g/mol. The highest BCUT2D eigenvalue weighted by molar-refractivity contribution is 5.78. The smallest absolute Gasteiger partial charge is 0.303 e. The second-order valence-corrected chi connectivity index (χ2v) is 6.21. The Morgan fingerprint density at radius 1 is 1.14 bits per heavy atom. The van der Waals surface area contributed by atoms with Gasteiger partial charge in [-0.05, 0) is 17.4 Å². The van der Waals surface area contributed by atoms with E-state index in [9.17, 15) is 9.59 Å². The second-order valence-electron chi connectivity index (χ2n) is 6.21. The number of carboxylic acid groups (broad SMARTS) is 1. The highest BCUT2D eigenvalue weighted by Gasteiger charge is 2.27. The van der Waals surface area contributed by atoms with Crippen LogP contribution < -0.4 is 0 Å². The summed E-state index contributed by atoms with van der Waals surface area (Å²) in [5.74, 6) is -0.843. The largest absolute Gasteiger partial charge is 0.481 e. The van der Waals surface area contributed by atoms with E-state index in [1.165, 1.54) is 0 Å². The number of rotatable bonds is 8. The van der Waals surface area contributed by atoms with Crippen LogP contribution in [0.1, 0.15) is 45.6 Å². The van der Waals surface area contributed by atoms with E-state index >= 15 is 0 Å². The van der Waals surface area contributed by atoms with Crippen molar-refractivity contribution in [1.29, 1.82) is 0 Å². The molecule has 0 aliphatic rings. The lowest BCUT2D eigenvalue weighted by molar-refractivity contribution is -0.140. The molecule has 0 saturated heterocycles. The molecule has 0 radical (unpaired) electrons. The summed E-state index contributed by atoms with van der Waals surface area (Å²) in [6, 6.07) is 9.86. The van der Waals surface area contributed by atoms with E-state index in [2.05, 4.69) is 0 Å². The molecule has 1 amide bonds. The molecule has 1 rings (SSSR count). The normalized spacial score (nSPS) is 11.2. The maximum absolute atomic E-state index is 12.5. The molecule has 0 aliphatic heterocycles. The summed E-state index contributed by atoms with van der Waals surface area (Å²) in [4.78, 5) is 25.1. The van der Waals surface area contributed by atoms with Crippen molar-refractivity contribution in [2.45, 2.75) is 46.6 Å². The Labute approximate surface area is 126 Å². The van der Waals surface area contributed by atoms with Gasteiger partial charge in [0, 0.05) is 19.5 Å². The van der Waals surface area contributed by atoms with Crippen LogP contribution in [0.4, 0.5) is 0 Å². The van der Waals surface area contributed by atoms with Crippen LogP contribution >= 0.6 is 0 Å². The molecule has 0 aliphatic carbocycles. The van der Waals surface area contributed by atoms with Crippen molar-refractivity contribution in [1.82, 2.24) is 4.90 Å². The van der Waals surface area contributed by atoms with Gasteiger partial charge in [0.05, 0.1) is 6.42 Å². The van der Waals surface area contributed by atoms with E-state index in [1.54, 1.807) is 0 Å². The van der Waals surface area contributed by atoms with Gasteiger partial charge in [-0.2, -0.15) is 0 Å². The lowest BCUT2D eigenvalue weighted by Crippen LogP contribution is -2.35. The molecule has 21 heavy (non-hydrogen) atoms. The summed E-state index contributed by atoms with van der Waals surface area (Å²) in [7, 11) is 0. The Bertz CT molecular complexity index is 468. The number of carbonyl (C=O) groups excluding carboxylic acids is 1. The molecule has 0 fully saturated rings. The van der Waals surface area contributed by atoms with Gasteiger partial charge in [0.1, 0.15) is 0 Å². The van der Waals surface area contributed by atoms with E-state index in [0.717, 1.165) is 12.0 Å². The number of carboxylic acids is 1. The van der Waals surface area contributed by atoms with Gasteiger partial charge < -0.3 is 10.0 Å². The third kappa shape index (κ3) is 6.43. The lowest BCUT2D eigenvalue weighted by atomic mass is 9.85. The lowest BCUT2D eigenvalue weighted by Gasteiger charge is -2.28. The molecular weight excluding hydrogens is 266 g/mol. The summed E-state index contributed by atoms with van der Waals surface area (Å²) in [5.41, 5.74) is 0.571. The summed E-state index contributed by atoms with van der Waals surface area (Å²) in [6.07, 6.45) is 1.15. The number of amides is 1. The van der Waals surface area contributed by atoms with E-state index < -0.39 is 11.4 Å². The molecular formula is C17H25NO3. The Kier molecular flexibility index (Phi) is 6.40. The highest BCUT2D eigenvalue weighted by atomic mass is 16.4. The van der Waals surface area contributed by atoms with Crippen LogP contribution in [-0.2, 0) is 16.1 Å². The fraction of sp³-hybridized carbons (Fsp3) is 0.529. The predicted octanol–water partition coefficient (Wildman–Crippen LogP) is 3.32. The zero-order valence-corrected chi connectivity index (χ0v) is 13.1. The highest BCUT2D eigenvalue weighted by Crippen LogP contribution is 2.26. The molecule has 1 aromatic rings. The fourth-order valence-electron chi connectivity index (χ4n) is 2.36. The molecule has 1 aromatic carbocycles. The van der Waals surface area contributed by atoms with Crippen LogP contribution in [0.5, 0.6) is 0 Å². The Hall–Kier alpha value is -1.84. The minimum Gasteiger partial charge on any atom is -0.481 e. The van der Waals surface area contributed by atoms with E-state index in [-0.39, 0.29) is 18.7 Å². The average Bonchev–Trinajstić information content (AvgIpc) is 2.37. The van der Waals surface area contributed by atoms with Gasteiger partial charge in [-0.3, -0.25) is 9.59 Å². The minimum absolute atomic E-state index is 0.00401. The number of hydrogen-bond donors (Lipinski definition) is 1. The van der Waals surface area contributed by atoms with Gasteiger partial charge in [-0.25, -0.2) is 0 Å². The van der Waals surface area contributed by atoms with Crippen molar-refractivity contribution >= 4 is 11.9 Å². The maximum Gasteiger partial charge on any atom is 0.303 e. The SMILES string of the molecule is CCCN(Cc1ccccc1)C(=O)CC(C)(C)CC(=O)O. The summed E-state index contributed by atoms with van der Waals surface area (Å²) in [6.45, 7) is 6.96. The first-order valence-electron chi connectivity index (χ1n) is 7.37. The van der Waals surface area contributed by atoms with Crippen LogP contribution in [0, 0.1) is 5.41 Å². The topological polar surface area (TPSA) is 57.6 Å². The number of aliphatic carboxylic acids is 1. The van der Waals surface area contributed by atoms with Crippen LogP contribution in [0.3, 0.4) is 0 Å². The van der Waals surface area contributed by atoms with Gasteiger partial charge >= 0.3 is 5.97 Å². The number of hydrogen-bond acceptors (Lipinski definition) is 2. The number of nitrogens with zero attached hydrogens (tertiary/aromatic N) is 1. The fourth-order valence-corrected chi connectivity index (χ4v) is 2.36. The first kappa shape index (κ1) is 17.2. The molecule has 0 unspecified atom stereocenters. The minimum atomic E-state index is -0.863. The molecule has 0 atom stereocenters. The van der Waals surface area contributed by atoms with Crippen LogP contribution in [0.2, 0.25) is 0 Å². The van der Waals surface area contributed by atoms with Crippen molar-refractivity contribution in [2.75, 3.05) is 6.54 Å². The monoisotopic (exact) mass is 291 g/mol. The number of benzene rings is 1. The molecule has 0 heterocycles. The van der Waals surface area contributed by atoms with Gasteiger partial charge in [0.2, 0.25) is 5.91 Å². The van der Waals surface area contributed by atoms with Gasteiger partial charge in [0.25, 0.3) is 0 Å². The predicted molar refractivity (Wildman–Crippen MR) is 82.8 cm³/mol. The molecule has 4 nitrogen and oxygen atoms in total. The molecule has 0 bridgehead atoms. The molecule has 4 heteroatoms. The van der Waals surface area contributed by atoms with Crippen molar-refractivity contribution in [2.24, 2.45) is 5.41 Å². The molecule has 116 valence electrons. The maximum atomic E-state index is 12.5. The van der Waals surface area contributed by atoms with E-state index in [0.29, 0.717) is 13.1 Å². The standard InChI is InChI=1S/C17H25NO3/c1-4-10-18(13-14-8-6-5-7-9-14)15(19)11-17(2,3)12-16(20)21/h5-9H,4,10-13H2,1-3H3,(H,20,21). The zero-order valence-electron chi connectivity index (χ0n) is 13.1. The van der Waals surface area contributed by atoms with Crippen molar-refractivity contribution in [3.05, 3.63) is 35.9 Å². The van der Waals surface area contributed by atoms with Crippen molar-refractivity contribution in [3.8, 4) is 0 Å². The van der Waals surface area contributed by atoms with Gasteiger partial charge in [-0.15, -0.1) is 0 Å². The van der Waals surface area contributed by atoms with Gasteiger partial charge in [-0.1, -0.05) is 51.1 Å². The van der Waals surface area contributed by atoms with E-state index in [1.807, 2.05) is 56.0 Å². The van der Waals surface area contributed by atoms with Crippen LogP contribution in [0.15, 0.2) is 30.3 Å². The molecule has 0 aromatic heterocycles. The Morgan fingerprint density at radius 2 is 1.76 bits per heavy atom. The van der Waals surface area contributed by atoms with Crippen molar-refractivity contribution < 1.29 is 14.7 Å². The summed E-state index contributed by atoms with van der Waals surface area (Å²) in [5, 5.41) is 8.91.